The van der Waals surface area contributed by atoms with Gasteiger partial charge in [-0.25, -0.2) is 9.78 Å². The molecule has 124 valence electrons. The van der Waals surface area contributed by atoms with E-state index in [9.17, 15) is 4.79 Å². The first-order valence-electron chi connectivity index (χ1n) is 7.47. The van der Waals surface area contributed by atoms with Crippen molar-refractivity contribution >= 4 is 17.4 Å². The second kappa shape index (κ2) is 7.85. The molecule has 1 unspecified atom stereocenters. The van der Waals surface area contributed by atoms with Crippen molar-refractivity contribution in [2.75, 3.05) is 34.0 Å². The van der Waals surface area contributed by atoms with Crippen LogP contribution >= 0.6 is 0 Å². The standard InChI is InChI=1S/C16H21N3O4/c1-5-22-16(20)13-9-14(19(3)18-13)12-10-17-15(8-11(12)2)23-7-6-21-4/h8-10H,5-7H2,1-4H3/p+1. The molecule has 0 saturated heterocycles. The molecular formula is C16H22N3O4+. The lowest BCUT2D eigenvalue weighted by molar-refractivity contribution is -0.807. The smallest absolute Gasteiger partial charge is 0.362 e. The predicted octanol–water partition coefficient (Wildman–Crippen LogP) is 0.204. The van der Waals surface area contributed by atoms with E-state index in [-0.39, 0.29) is 0 Å². The van der Waals surface area contributed by atoms with Crippen LogP contribution in [0.15, 0.2) is 23.4 Å². The first-order valence-corrected chi connectivity index (χ1v) is 7.47. The number of aryl methyl sites for hydroxylation is 1. The van der Waals surface area contributed by atoms with E-state index < -0.39 is 5.97 Å². The predicted molar refractivity (Wildman–Crippen MR) is 85.3 cm³/mol. The highest BCUT2D eigenvalue weighted by atomic mass is 16.5. The van der Waals surface area contributed by atoms with Crippen LogP contribution in [0.4, 0.5) is 0 Å². The Morgan fingerprint density at radius 3 is 2.78 bits per heavy atom. The van der Waals surface area contributed by atoms with Gasteiger partial charge in [-0.2, -0.15) is 5.01 Å². The fraction of sp³-hybridized carbons (Fsp3) is 0.438. The van der Waals surface area contributed by atoms with Crippen molar-refractivity contribution in [3.05, 3.63) is 29.5 Å². The molecule has 23 heavy (non-hydrogen) atoms. The number of nitrogens with zero attached hydrogens (tertiary/aromatic N) is 2. The highest BCUT2D eigenvalue weighted by molar-refractivity contribution is 6.42. The van der Waals surface area contributed by atoms with Crippen LogP contribution < -0.4 is 9.75 Å². The van der Waals surface area contributed by atoms with Gasteiger partial charge in [0.15, 0.2) is 5.70 Å². The van der Waals surface area contributed by atoms with Gasteiger partial charge in [0.1, 0.15) is 6.61 Å². The quantitative estimate of drug-likeness (QED) is 0.574. The fourth-order valence-electron chi connectivity index (χ4n) is 2.22. The average molecular weight is 320 g/mol. The molecule has 7 heteroatoms. The number of hydrogen-bond acceptors (Lipinski definition) is 6. The first kappa shape index (κ1) is 17.1. The molecule has 1 aromatic rings. The average Bonchev–Trinajstić information content (AvgIpc) is 2.90. The van der Waals surface area contributed by atoms with Crippen LogP contribution in [0, 0.1) is 6.92 Å². The number of nitrogens with one attached hydrogen (secondary N) is 1. The molecule has 1 N–H and O–H groups in total. The van der Waals surface area contributed by atoms with Crippen LogP contribution in [0.1, 0.15) is 18.1 Å². The summed E-state index contributed by atoms with van der Waals surface area (Å²) in [5, 5.41) is 5.05. The summed E-state index contributed by atoms with van der Waals surface area (Å²) in [6, 6.07) is 1.86. The third-order valence-corrected chi connectivity index (χ3v) is 3.36. The maximum absolute atomic E-state index is 11.8. The highest BCUT2D eigenvalue weighted by Gasteiger charge is 2.28. The number of rotatable bonds is 7. The highest BCUT2D eigenvalue weighted by Crippen LogP contribution is 2.19. The molecule has 0 amide bonds. The van der Waals surface area contributed by atoms with Gasteiger partial charge in [-0.3, -0.25) is 0 Å². The largest absolute Gasteiger partial charge is 0.475 e. The zero-order valence-corrected chi connectivity index (χ0v) is 13.9. The third-order valence-electron chi connectivity index (χ3n) is 3.36. The second-order valence-corrected chi connectivity index (χ2v) is 5.04. The van der Waals surface area contributed by atoms with Gasteiger partial charge < -0.3 is 14.2 Å². The van der Waals surface area contributed by atoms with Crippen LogP contribution in [-0.4, -0.2) is 50.6 Å². The lowest BCUT2D eigenvalue weighted by atomic mass is 10.1. The number of esters is 1. The van der Waals surface area contributed by atoms with E-state index >= 15 is 0 Å². The van der Waals surface area contributed by atoms with Gasteiger partial charge in [0.05, 0.1) is 25.8 Å². The zero-order chi connectivity index (χ0) is 16.8. The Morgan fingerprint density at radius 1 is 1.35 bits per heavy atom. The second-order valence-electron chi connectivity index (χ2n) is 5.04. The molecule has 2 heterocycles. The normalized spacial score (nSPS) is 16.8. The van der Waals surface area contributed by atoms with E-state index in [1.54, 1.807) is 26.3 Å². The molecule has 1 atom stereocenters. The summed E-state index contributed by atoms with van der Waals surface area (Å²) in [7, 11) is 3.48. The molecule has 7 nitrogen and oxygen atoms in total. The van der Waals surface area contributed by atoms with Crippen molar-refractivity contribution in [3.63, 3.8) is 0 Å². The van der Waals surface area contributed by atoms with Gasteiger partial charge in [0.2, 0.25) is 11.6 Å². The minimum atomic E-state index is -0.410. The Kier molecular flexibility index (Phi) is 5.84. The zero-order valence-electron chi connectivity index (χ0n) is 13.9. The van der Waals surface area contributed by atoms with Crippen molar-refractivity contribution in [1.29, 1.82) is 0 Å². The maximum atomic E-state index is 11.8. The van der Waals surface area contributed by atoms with Crippen molar-refractivity contribution < 1.29 is 24.0 Å². The summed E-state index contributed by atoms with van der Waals surface area (Å²) in [6.07, 6.45) is 3.47. The Hall–Kier alpha value is -2.25. The molecule has 0 aliphatic carbocycles. The number of aromatic nitrogens is 1. The topological polar surface area (TPSA) is 74.5 Å². The summed E-state index contributed by atoms with van der Waals surface area (Å²) in [5.74, 6) is 0.137. The monoisotopic (exact) mass is 320 g/mol. The molecule has 0 bridgehead atoms. The molecule has 0 aromatic carbocycles. The number of quaternary nitrogens is 1. The van der Waals surface area contributed by atoms with E-state index in [1.807, 2.05) is 20.0 Å². The lowest BCUT2D eigenvalue weighted by Gasteiger charge is -2.10. The summed E-state index contributed by atoms with van der Waals surface area (Å²) in [4.78, 5) is 16.1. The molecule has 0 fully saturated rings. The number of methoxy groups -OCH3 is 1. The number of pyridine rings is 1. The molecule has 0 spiro atoms. The fourth-order valence-corrected chi connectivity index (χ4v) is 2.22. The summed E-state index contributed by atoms with van der Waals surface area (Å²) < 4.78 is 15.4. The minimum absolute atomic E-state index is 0.319. The molecule has 0 saturated carbocycles. The van der Waals surface area contributed by atoms with Crippen LogP contribution in [0.2, 0.25) is 0 Å². The molecular weight excluding hydrogens is 298 g/mol. The van der Waals surface area contributed by atoms with Gasteiger partial charge in [0, 0.05) is 25.4 Å². The number of carbonyl (C=O) groups excluding carboxylic acids is 1. The Bertz CT molecular complexity index is 640. The number of hydrogen-bond donors (Lipinski definition) is 1. The molecule has 1 aliphatic heterocycles. The van der Waals surface area contributed by atoms with Gasteiger partial charge in [0.25, 0.3) is 0 Å². The summed E-state index contributed by atoms with van der Waals surface area (Å²) >= 11 is 0. The Balaban J connectivity index is 2.16. The van der Waals surface area contributed by atoms with E-state index in [1.165, 1.54) is 0 Å². The minimum Gasteiger partial charge on any atom is -0.475 e. The molecule has 2 rings (SSSR count). The van der Waals surface area contributed by atoms with Crippen LogP contribution in [0.25, 0.3) is 5.70 Å². The van der Waals surface area contributed by atoms with E-state index in [0.29, 0.717) is 31.4 Å². The van der Waals surface area contributed by atoms with Gasteiger partial charge in [-0.05, 0) is 19.4 Å². The van der Waals surface area contributed by atoms with Crippen molar-refractivity contribution in [2.24, 2.45) is 5.10 Å². The third kappa shape index (κ3) is 4.14. The summed E-state index contributed by atoms with van der Waals surface area (Å²) in [5.41, 5.74) is 3.11. The maximum Gasteiger partial charge on any atom is 0.362 e. The van der Waals surface area contributed by atoms with Crippen molar-refractivity contribution in [2.45, 2.75) is 13.8 Å². The van der Waals surface area contributed by atoms with Crippen LogP contribution in [0.3, 0.4) is 0 Å². The Morgan fingerprint density at radius 2 is 2.13 bits per heavy atom. The van der Waals surface area contributed by atoms with Crippen LogP contribution in [-0.2, 0) is 14.3 Å². The molecule has 0 radical (unpaired) electrons. The van der Waals surface area contributed by atoms with E-state index in [0.717, 1.165) is 21.8 Å². The molecule has 1 aliphatic rings. The SMILES string of the molecule is CCOC(=O)C1=N[NH+](C)C(c2cnc(OCCOC)cc2C)=C1. The number of ether oxygens (including phenoxy) is 3. The van der Waals surface area contributed by atoms with Gasteiger partial charge in [-0.15, -0.1) is 0 Å². The van der Waals surface area contributed by atoms with E-state index in [4.69, 9.17) is 14.2 Å². The van der Waals surface area contributed by atoms with Crippen molar-refractivity contribution in [1.82, 2.24) is 4.98 Å². The first-order chi connectivity index (χ1) is 11.1. The van der Waals surface area contributed by atoms with Crippen LogP contribution in [0.5, 0.6) is 5.88 Å². The number of carbonyl (C=O) groups is 1. The lowest BCUT2D eigenvalue weighted by Crippen LogP contribution is -3.00. The molecule has 1 aromatic heterocycles. The van der Waals surface area contributed by atoms with E-state index in [2.05, 4.69) is 10.1 Å². The summed E-state index contributed by atoms with van der Waals surface area (Å²) in [6.45, 7) is 5.03. The Labute approximate surface area is 135 Å². The van der Waals surface area contributed by atoms with Gasteiger partial charge in [-0.1, -0.05) is 5.10 Å². The van der Waals surface area contributed by atoms with Gasteiger partial charge >= 0.3 is 5.97 Å². The van der Waals surface area contributed by atoms with Crippen molar-refractivity contribution in [3.8, 4) is 5.88 Å².